The number of carbonyl (C=O) groups is 1. The Kier molecular flexibility index (Phi) is 5.64. The third-order valence-electron chi connectivity index (χ3n) is 6.34. The van der Waals surface area contributed by atoms with Gasteiger partial charge in [0.1, 0.15) is 0 Å². The summed E-state index contributed by atoms with van der Waals surface area (Å²) in [6, 6.07) is 16.1. The molecule has 0 spiro atoms. The van der Waals surface area contributed by atoms with Gasteiger partial charge < -0.3 is 14.7 Å². The molecule has 0 saturated carbocycles. The van der Waals surface area contributed by atoms with Crippen LogP contribution in [0.2, 0.25) is 0 Å². The molecule has 1 saturated heterocycles. The van der Waals surface area contributed by atoms with Crippen LogP contribution in [-0.2, 0) is 11.3 Å². The van der Waals surface area contributed by atoms with E-state index in [0.717, 1.165) is 67.3 Å². The van der Waals surface area contributed by atoms with Crippen molar-refractivity contribution in [1.29, 1.82) is 0 Å². The number of ether oxygens (including phenoxy) is 1. The van der Waals surface area contributed by atoms with Crippen LogP contribution in [-0.4, -0.2) is 60.4 Å². The molecule has 32 heavy (non-hydrogen) atoms. The Bertz CT molecular complexity index is 1180. The van der Waals surface area contributed by atoms with E-state index in [0.29, 0.717) is 17.5 Å². The second kappa shape index (κ2) is 8.73. The van der Waals surface area contributed by atoms with E-state index in [4.69, 9.17) is 9.72 Å². The zero-order chi connectivity index (χ0) is 22.1. The SMILES string of the molecule is CCN1C/C(=C/c2ccc(N3CCOCC3)cc2)c2nc3ccccc3c(C(=O)O)c2C1. The Morgan fingerprint density at radius 1 is 1.09 bits per heavy atom. The molecule has 0 atom stereocenters. The number of para-hydroxylation sites is 1. The molecular formula is C26H27N3O3. The molecule has 2 aliphatic rings. The molecule has 6 nitrogen and oxygen atoms in total. The summed E-state index contributed by atoms with van der Waals surface area (Å²) in [5, 5.41) is 10.7. The summed E-state index contributed by atoms with van der Waals surface area (Å²) >= 11 is 0. The normalized spacial score (nSPS) is 18.2. The summed E-state index contributed by atoms with van der Waals surface area (Å²) in [6.07, 6.45) is 2.15. The number of fused-ring (bicyclic) bond motifs is 2. The van der Waals surface area contributed by atoms with Gasteiger partial charge in [-0.15, -0.1) is 0 Å². The molecule has 0 aliphatic carbocycles. The molecule has 164 valence electrons. The molecule has 0 amide bonds. The number of likely N-dealkylation sites (N-methyl/N-ethyl adjacent to an activating group) is 1. The number of aromatic carboxylic acids is 1. The largest absolute Gasteiger partial charge is 0.478 e. The van der Waals surface area contributed by atoms with Gasteiger partial charge in [0.05, 0.1) is 30.0 Å². The fourth-order valence-corrected chi connectivity index (χ4v) is 4.65. The molecule has 2 aromatic carbocycles. The lowest BCUT2D eigenvalue weighted by atomic mass is 9.92. The van der Waals surface area contributed by atoms with Gasteiger partial charge in [0, 0.05) is 42.8 Å². The number of morpholine rings is 1. The van der Waals surface area contributed by atoms with E-state index in [-0.39, 0.29) is 0 Å². The Hall–Kier alpha value is -3.22. The maximum atomic E-state index is 12.3. The van der Waals surface area contributed by atoms with Crippen molar-refractivity contribution in [2.24, 2.45) is 0 Å². The number of rotatable bonds is 4. The minimum absolute atomic E-state index is 0.373. The van der Waals surface area contributed by atoms with Gasteiger partial charge in [-0.2, -0.15) is 0 Å². The summed E-state index contributed by atoms with van der Waals surface area (Å²) in [4.78, 5) is 21.8. The van der Waals surface area contributed by atoms with Gasteiger partial charge in [0.15, 0.2) is 0 Å². The van der Waals surface area contributed by atoms with E-state index >= 15 is 0 Å². The Morgan fingerprint density at radius 2 is 1.84 bits per heavy atom. The Labute approximate surface area is 187 Å². The molecule has 1 aromatic heterocycles. The lowest BCUT2D eigenvalue weighted by molar-refractivity contribution is 0.0696. The molecule has 2 aliphatic heterocycles. The summed E-state index contributed by atoms with van der Waals surface area (Å²) < 4.78 is 5.45. The molecule has 0 radical (unpaired) electrons. The van der Waals surface area contributed by atoms with Crippen LogP contribution < -0.4 is 4.90 Å². The highest BCUT2D eigenvalue weighted by Gasteiger charge is 2.27. The van der Waals surface area contributed by atoms with Crippen LogP contribution in [0.4, 0.5) is 5.69 Å². The zero-order valence-corrected chi connectivity index (χ0v) is 18.3. The number of anilines is 1. The summed E-state index contributed by atoms with van der Waals surface area (Å²) in [6.45, 7) is 7.65. The van der Waals surface area contributed by atoms with Crippen molar-refractivity contribution < 1.29 is 14.6 Å². The van der Waals surface area contributed by atoms with E-state index in [1.165, 1.54) is 5.69 Å². The van der Waals surface area contributed by atoms with Crippen molar-refractivity contribution in [3.05, 3.63) is 70.9 Å². The van der Waals surface area contributed by atoms with Crippen molar-refractivity contribution >= 4 is 34.2 Å². The van der Waals surface area contributed by atoms with Crippen molar-refractivity contribution in [3.8, 4) is 0 Å². The second-order valence-electron chi connectivity index (χ2n) is 8.30. The predicted molar refractivity (Wildman–Crippen MR) is 127 cm³/mol. The maximum Gasteiger partial charge on any atom is 0.336 e. The van der Waals surface area contributed by atoms with E-state index in [1.54, 1.807) is 0 Å². The van der Waals surface area contributed by atoms with Gasteiger partial charge in [-0.3, -0.25) is 4.90 Å². The highest BCUT2D eigenvalue weighted by atomic mass is 16.5. The highest BCUT2D eigenvalue weighted by molar-refractivity contribution is 6.06. The number of carboxylic acid groups (broad SMARTS) is 1. The maximum absolute atomic E-state index is 12.3. The van der Waals surface area contributed by atoms with E-state index in [1.807, 2.05) is 24.3 Å². The number of carboxylic acids is 1. The Morgan fingerprint density at radius 3 is 2.56 bits per heavy atom. The number of hydrogen-bond donors (Lipinski definition) is 1. The predicted octanol–water partition coefficient (Wildman–Crippen LogP) is 4.15. The van der Waals surface area contributed by atoms with Crippen molar-refractivity contribution in [2.45, 2.75) is 13.5 Å². The summed E-state index contributed by atoms with van der Waals surface area (Å²) in [5.41, 5.74) is 6.06. The lowest BCUT2D eigenvalue weighted by Gasteiger charge is -2.31. The number of aromatic nitrogens is 1. The topological polar surface area (TPSA) is 65.9 Å². The third kappa shape index (κ3) is 3.87. The molecule has 0 bridgehead atoms. The molecular weight excluding hydrogens is 402 g/mol. The van der Waals surface area contributed by atoms with Gasteiger partial charge in [-0.1, -0.05) is 37.3 Å². The number of pyridine rings is 1. The van der Waals surface area contributed by atoms with Crippen LogP contribution in [0, 0.1) is 0 Å². The fourth-order valence-electron chi connectivity index (χ4n) is 4.65. The summed E-state index contributed by atoms with van der Waals surface area (Å²) in [5.74, 6) is -0.896. The first-order chi connectivity index (χ1) is 15.6. The quantitative estimate of drug-likeness (QED) is 0.672. The van der Waals surface area contributed by atoms with Crippen LogP contribution in [0.5, 0.6) is 0 Å². The van der Waals surface area contributed by atoms with Crippen LogP contribution in [0.25, 0.3) is 22.6 Å². The van der Waals surface area contributed by atoms with Gasteiger partial charge in [0.25, 0.3) is 0 Å². The Balaban J connectivity index is 1.58. The monoisotopic (exact) mass is 429 g/mol. The summed E-state index contributed by atoms with van der Waals surface area (Å²) in [7, 11) is 0. The van der Waals surface area contributed by atoms with Gasteiger partial charge in [-0.25, -0.2) is 9.78 Å². The van der Waals surface area contributed by atoms with E-state index in [9.17, 15) is 9.90 Å². The van der Waals surface area contributed by atoms with Gasteiger partial charge in [0.2, 0.25) is 0 Å². The van der Waals surface area contributed by atoms with Crippen LogP contribution in [0.1, 0.15) is 34.1 Å². The van der Waals surface area contributed by atoms with Gasteiger partial charge >= 0.3 is 5.97 Å². The first-order valence-corrected chi connectivity index (χ1v) is 11.1. The second-order valence-corrected chi connectivity index (χ2v) is 8.30. The standard InChI is InChI=1S/C26H27N3O3/c1-2-28-16-19(15-18-7-9-20(10-8-18)29-11-13-32-14-12-29)25-22(17-28)24(26(30)31)21-5-3-4-6-23(21)27-25/h3-10,15H,2,11-14,16-17H2,1H3,(H,30,31)/b19-15-. The zero-order valence-electron chi connectivity index (χ0n) is 18.3. The van der Waals surface area contributed by atoms with Gasteiger partial charge in [-0.05, 0) is 42.0 Å². The molecule has 3 aromatic rings. The van der Waals surface area contributed by atoms with Crippen LogP contribution in [0.3, 0.4) is 0 Å². The average Bonchev–Trinajstić information content (AvgIpc) is 2.83. The lowest BCUT2D eigenvalue weighted by Crippen LogP contribution is -2.36. The van der Waals surface area contributed by atoms with E-state index < -0.39 is 5.97 Å². The highest BCUT2D eigenvalue weighted by Crippen LogP contribution is 2.34. The van der Waals surface area contributed by atoms with Crippen LogP contribution >= 0.6 is 0 Å². The third-order valence-corrected chi connectivity index (χ3v) is 6.34. The molecule has 6 heteroatoms. The minimum atomic E-state index is -0.896. The smallest absolute Gasteiger partial charge is 0.336 e. The average molecular weight is 430 g/mol. The molecule has 3 heterocycles. The minimum Gasteiger partial charge on any atom is -0.478 e. The first kappa shape index (κ1) is 20.7. The van der Waals surface area contributed by atoms with Crippen molar-refractivity contribution in [1.82, 2.24) is 9.88 Å². The molecule has 1 fully saturated rings. The van der Waals surface area contributed by atoms with Crippen LogP contribution in [0.15, 0.2) is 48.5 Å². The molecule has 1 N–H and O–H groups in total. The molecule has 5 rings (SSSR count). The number of nitrogens with zero attached hydrogens (tertiary/aromatic N) is 3. The van der Waals surface area contributed by atoms with Crippen molar-refractivity contribution in [2.75, 3.05) is 44.3 Å². The first-order valence-electron chi connectivity index (χ1n) is 11.1. The number of benzene rings is 2. The number of hydrogen-bond acceptors (Lipinski definition) is 5. The molecule has 0 unspecified atom stereocenters. The fraction of sp³-hybridized carbons (Fsp3) is 0.308. The van der Waals surface area contributed by atoms with E-state index in [2.05, 4.69) is 47.1 Å². The van der Waals surface area contributed by atoms with Crippen molar-refractivity contribution in [3.63, 3.8) is 0 Å².